The Morgan fingerprint density at radius 1 is 1.38 bits per heavy atom. The lowest BCUT2D eigenvalue weighted by atomic mass is 10.1. The van der Waals surface area contributed by atoms with E-state index in [0.717, 1.165) is 32.7 Å². The Morgan fingerprint density at radius 2 is 2.17 bits per heavy atom. The van der Waals surface area contributed by atoms with Gasteiger partial charge >= 0.3 is 0 Å². The molecule has 0 spiro atoms. The minimum Gasteiger partial charge on any atom is -0.379 e. The number of carbonyl (C=O) groups is 1. The highest BCUT2D eigenvalue weighted by molar-refractivity contribution is 5.92. The standard InChI is InChI=1S/C17H21FN4O2/c1-12-9-13(20-5-7-24-8-6-20)11-22(12)17(23)16-19-10-15-14(18)3-2-4-21(15)16/h2-4,10,12-13H,5-9,11H2,1H3. The number of amides is 1. The molecule has 128 valence electrons. The predicted molar refractivity (Wildman–Crippen MR) is 86.4 cm³/mol. The second-order valence-electron chi connectivity index (χ2n) is 6.54. The summed E-state index contributed by atoms with van der Waals surface area (Å²) in [7, 11) is 0. The second kappa shape index (κ2) is 6.14. The Labute approximate surface area is 139 Å². The summed E-state index contributed by atoms with van der Waals surface area (Å²) < 4.78 is 20.8. The van der Waals surface area contributed by atoms with Crippen LogP contribution in [-0.4, -0.2) is 70.0 Å². The van der Waals surface area contributed by atoms with Crippen LogP contribution in [0.5, 0.6) is 0 Å². The summed E-state index contributed by atoms with van der Waals surface area (Å²) in [6, 6.07) is 3.46. The van der Waals surface area contributed by atoms with Crippen LogP contribution in [-0.2, 0) is 4.74 Å². The van der Waals surface area contributed by atoms with Gasteiger partial charge in [-0.25, -0.2) is 9.37 Å². The van der Waals surface area contributed by atoms with Crippen LogP contribution in [0.3, 0.4) is 0 Å². The smallest absolute Gasteiger partial charge is 0.290 e. The molecule has 1 amide bonds. The van der Waals surface area contributed by atoms with Crippen molar-refractivity contribution in [2.75, 3.05) is 32.8 Å². The molecule has 0 radical (unpaired) electrons. The van der Waals surface area contributed by atoms with Gasteiger partial charge in [0.2, 0.25) is 5.82 Å². The SMILES string of the molecule is CC1CC(N2CCOCC2)CN1C(=O)c1ncc2c(F)cccn12. The molecule has 2 aromatic heterocycles. The largest absolute Gasteiger partial charge is 0.379 e. The van der Waals surface area contributed by atoms with E-state index < -0.39 is 0 Å². The first-order valence-corrected chi connectivity index (χ1v) is 8.39. The topological polar surface area (TPSA) is 50.1 Å². The summed E-state index contributed by atoms with van der Waals surface area (Å²) in [6.07, 6.45) is 4.05. The summed E-state index contributed by atoms with van der Waals surface area (Å²) >= 11 is 0. The van der Waals surface area contributed by atoms with Crippen molar-refractivity contribution >= 4 is 11.4 Å². The normalized spacial score (nSPS) is 25.5. The highest BCUT2D eigenvalue weighted by Crippen LogP contribution is 2.25. The van der Waals surface area contributed by atoms with Crippen LogP contribution >= 0.6 is 0 Å². The van der Waals surface area contributed by atoms with Gasteiger partial charge in [-0.3, -0.25) is 14.1 Å². The molecule has 2 unspecified atom stereocenters. The van der Waals surface area contributed by atoms with Crippen LogP contribution in [0.1, 0.15) is 24.0 Å². The zero-order valence-electron chi connectivity index (χ0n) is 13.7. The monoisotopic (exact) mass is 332 g/mol. The number of halogens is 1. The van der Waals surface area contributed by atoms with Crippen molar-refractivity contribution in [2.24, 2.45) is 0 Å². The maximum absolute atomic E-state index is 13.8. The van der Waals surface area contributed by atoms with Gasteiger partial charge < -0.3 is 9.64 Å². The number of fused-ring (bicyclic) bond motifs is 1. The number of ether oxygens (including phenoxy) is 1. The van der Waals surface area contributed by atoms with Crippen molar-refractivity contribution in [3.63, 3.8) is 0 Å². The van der Waals surface area contributed by atoms with E-state index in [1.54, 1.807) is 12.3 Å². The number of imidazole rings is 1. The third-order valence-corrected chi connectivity index (χ3v) is 5.09. The van der Waals surface area contributed by atoms with Crippen LogP contribution in [0.2, 0.25) is 0 Å². The van der Waals surface area contributed by atoms with Crippen molar-refractivity contribution in [2.45, 2.75) is 25.4 Å². The fraction of sp³-hybridized carbons (Fsp3) is 0.529. The molecule has 2 aliphatic rings. The number of hydrogen-bond donors (Lipinski definition) is 0. The quantitative estimate of drug-likeness (QED) is 0.834. The molecular weight excluding hydrogens is 311 g/mol. The van der Waals surface area contributed by atoms with E-state index in [-0.39, 0.29) is 23.6 Å². The Hall–Kier alpha value is -1.99. The molecule has 2 saturated heterocycles. The highest BCUT2D eigenvalue weighted by atomic mass is 19.1. The molecule has 0 bridgehead atoms. The molecule has 24 heavy (non-hydrogen) atoms. The van der Waals surface area contributed by atoms with E-state index in [2.05, 4.69) is 16.8 Å². The first-order valence-electron chi connectivity index (χ1n) is 8.39. The van der Waals surface area contributed by atoms with Crippen LogP contribution in [0.4, 0.5) is 4.39 Å². The highest BCUT2D eigenvalue weighted by Gasteiger charge is 2.37. The number of aromatic nitrogens is 2. The predicted octanol–water partition coefficient (Wildman–Crippen LogP) is 1.41. The number of carbonyl (C=O) groups excluding carboxylic acids is 1. The van der Waals surface area contributed by atoms with Crippen LogP contribution < -0.4 is 0 Å². The minimum atomic E-state index is -0.371. The summed E-state index contributed by atoms with van der Waals surface area (Å²) in [5, 5.41) is 0. The van der Waals surface area contributed by atoms with Gasteiger partial charge in [-0.15, -0.1) is 0 Å². The number of pyridine rings is 1. The van der Waals surface area contributed by atoms with E-state index in [1.165, 1.54) is 16.7 Å². The molecule has 6 nitrogen and oxygen atoms in total. The first-order chi connectivity index (χ1) is 11.6. The van der Waals surface area contributed by atoms with Gasteiger partial charge in [-0.05, 0) is 25.5 Å². The Morgan fingerprint density at radius 3 is 2.96 bits per heavy atom. The lowest BCUT2D eigenvalue weighted by Gasteiger charge is -2.31. The zero-order valence-corrected chi connectivity index (χ0v) is 13.7. The zero-order chi connectivity index (χ0) is 16.7. The van der Waals surface area contributed by atoms with Gasteiger partial charge in [-0.1, -0.05) is 0 Å². The lowest BCUT2D eigenvalue weighted by molar-refractivity contribution is 0.0184. The summed E-state index contributed by atoms with van der Waals surface area (Å²) in [5.41, 5.74) is 0.331. The molecule has 0 saturated carbocycles. The summed E-state index contributed by atoms with van der Waals surface area (Å²) in [6.45, 7) is 6.08. The third kappa shape index (κ3) is 2.57. The van der Waals surface area contributed by atoms with Gasteiger partial charge in [0.05, 0.1) is 19.4 Å². The van der Waals surface area contributed by atoms with E-state index in [9.17, 15) is 9.18 Å². The molecular formula is C17H21FN4O2. The minimum absolute atomic E-state index is 0.135. The Bertz CT molecular complexity index is 756. The van der Waals surface area contributed by atoms with E-state index in [0.29, 0.717) is 18.1 Å². The number of morpholine rings is 1. The maximum Gasteiger partial charge on any atom is 0.290 e. The van der Waals surface area contributed by atoms with Crippen molar-refractivity contribution in [1.29, 1.82) is 0 Å². The third-order valence-electron chi connectivity index (χ3n) is 5.09. The van der Waals surface area contributed by atoms with E-state index in [1.807, 2.05) is 4.90 Å². The van der Waals surface area contributed by atoms with Crippen molar-refractivity contribution < 1.29 is 13.9 Å². The van der Waals surface area contributed by atoms with Gasteiger partial charge in [-0.2, -0.15) is 0 Å². The fourth-order valence-corrected chi connectivity index (χ4v) is 3.77. The maximum atomic E-state index is 13.8. The van der Waals surface area contributed by atoms with Crippen molar-refractivity contribution in [1.82, 2.24) is 19.2 Å². The van der Waals surface area contributed by atoms with Crippen molar-refractivity contribution in [3.8, 4) is 0 Å². The molecule has 2 aromatic rings. The van der Waals surface area contributed by atoms with Crippen LogP contribution in [0.25, 0.3) is 5.52 Å². The number of nitrogens with zero attached hydrogens (tertiary/aromatic N) is 4. The molecule has 0 aromatic carbocycles. The fourth-order valence-electron chi connectivity index (χ4n) is 3.77. The Balaban J connectivity index is 1.56. The van der Waals surface area contributed by atoms with Crippen molar-refractivity contribution in [3.05, 3.63) is 36.2 Å². The molecule has 4 heterocycles. The summed E-state index contributed by atoms with van der Waals surface area (Å²) in [4.78, 5) is 21.4. The Kier molecular flexibility index (Phi) is 3.97. The van der Waals surface area contributed by atoms with Crippen LogP contribution in [0, 0.1) is 5.82 Å². The average Bonchev–Trinajstić information content (AvgIpc) is 3.20. The molecule has 2 atom stereocenters. The van der Waals surface area contributed by atoms with Gasteiger partial charge in [0.1, 0.15) is 11.3 Å². The number of hydrogen-bond acceptors (Lipinski definition) is 4. The molecule has 0 N–H and O–H groups in total. The molecule has 2 fully saturated rings. The van der Waals surface area contributed by atoms with Gasteiger partial charge in [0.15, 0.2) is 0 Å². The number of likely N-dealkylation sites (tertiary alicyclic amines) is 1. The molecule has 2 aliphatic heterocycles. The lowest BCUT2D eigenvalue weighted by Crippen LogP contribution is -2.45. The van der Waals surface area contributed by atoms with Gasteiger partial charge in [0.25, 0.3) is 5.91 Å². The second-order valence-corrected chi connectivity index (χ2v) is 6.54. The number of rotatable bonds is 2. The van der Waals surface area contributed by atoms with Crippen LogP contribution in [0.15, 0.2) is 24.5 Å². The first kappa shape index (κ1) is 15.5. The van der Waals surface area contributed by atoms with E-state index >= 15 is 0 Å². The molecule has 0 aliphatic carbocycles. The molecule has 4 rings (SSSR count). The average molecular weight is 332 g/mol. The molecule has 7 heteroatoms. The van der Waals surface area contributed by atoms with E-state index in [4.69, 9.17) is 4.74 Å². The van der Waals surface area contributed by atoms with Gasteiger partial charge in [0, 0.05) is 37.9 Å². The summed E-state index contributed by atoms with van der Waals surface area (Å²) in [5.74, 6) is -0.229.